The lowest BCUT2D eigenvalue weighted by atomic mass is 9.94. The number of amides is 2. The lowest BCUT2D eigenvalue weighted by molar-refractivity contribution is -0.384. The van der Waals surface area contributed by atoms with Crippen molar-refractivity contribution >= 4 is 23.2 Å². The topological polar surface area (TPSA) is 95.8 Å². The molecule has 0 bridgehead atoms. The van der Waals surface area contributed by atoms with E-state index in [1.807, 2.05) is 0 Å². The summed E-state index contributed by atoms with van der Waals surface area (Å²) >= 11 is 0. The van der Waals surface area contributed by atoms with Crippen molar-refractivity contribution in [2.75, 3.05) is 37.6 Å². The van der Waals surface area contributed by atoms with Gasteiger partial charge in [-0.25, -0.2) is 4.39 Å². The smallest absolute Gasteiger partial charge is 0.270 e. The summed E-state index contributed by atoms with van der Waals surface area (Å²) < 4.78 is 13.8. The second kappa shape index (κ2) is 11.5. The number of nitro benzene ring substituents is 1. The molecule has 0 saturated carbocycles. The Morgan fingerprint density at radius 3 is 2.42 bits per heavy atom. The van der Waals surface area contributed by atoms with Crippen LogP contribution >= 0.6 is 0 Å². The van der Waals surface area contributed by atoms with Crippen LogP contribution in [0.2, 0.25) is 0 Å². The summed E-state index contributed by atoms with van der Waals surface area (Å²) in [5.41, 5.74) is 1.56. The van der Waals surface area contributed by atoms with E-state index < -0.39 is 4.92 Å². The van der Waals surface area contributed by atoms with E-state index in [4.69, 9.17) is 0 Å². The van der Waals surface area contributed by atoms with E-state index in [0.29, 0.717) is 55.9 Å². The molecule has 2 aliphatic heterocycles. The summed E-state index contributed by atoms with van der Waals surface area (Å²) in [6, 6.07) is 11.1. The quantitative estimate of drug-likeness (QED) is 0.458. The zero-order valence-electron chi connectivity index (χ0n) is 20.6. The first-order chi connectivity index (χ1) is 17.3. The average molecular weight is 497 g/mol. The van der Waals surface area contributed by atoms with Crippen LogP contribution in [0, 0.1) is 27.8 Å². The fourth-order valence-corrected chi connectivity index (χ4v) is 5.02. The first-order valence-corrected chi connectivity index (χ1v) is 12.7. The van der Waals surface area contributed by atoms with Crippen molar-refractivity contribution < 1.29 is 18.9 Å². The second-order valence-corrected chi connectivity index (χ2v) is 9.83. The number of rotatable bonds is 7. The van der Waals surface area contributed by atoms with Gasteiger partial charge >= 0.3 is 0 Å². The number of benzene rings is 2. The minimum atomic E-state index is -0.475. The van der Waals surface area contributed by atoms with Crippen LogP contribution in [0.15, 0.2) is 42.5 Å². The third-order valence-corrected chi connectivity index (χ3v) is 7.35. The lowest BCUT2D eigenvalue weighted by Crippen LogP contribution is -2.44. The molecule has 36 heavy (non-hydrogen) atoms. The predicted octanol–water partition coefficient (Wildman–Crippen LogP) is 4.18. The number of nitrogens with zero attached hydrogens (tertiary/aromatic N) is 3. The standard InChI is InChI=1S/C27H33FN4O4/c1-19-9-14-30(15-10-19)25-7-6-22(32(35)36)18-23(25)27(34)31-16-11-21(12-17-31)26(33)29-13-8-20-4-2-3-5-24(20)28/h2-7,18-19,21H,8-17H2,1H3,(H,29,33). The van der Waals surface area contributed by atoms with Crippen LogP contribution in [-0.2, 0) is 11.2 Å². The van der Waals surface area contributed by atoms with Gasteiger partial charge in [-0.15, -0.1) is 0 Å². The van der Waals surface area contributed by atoms with Gasteiger partial charge in [0.05, 0.1) is 16.2 Å². The van der Waals surface area contributed by atoms with Crippen molar-refractivity contribution in [2.24, 2.45) is 11.8 Å². The number of nitro groups is 1. The van der Waals surface area contributed by atoms with Crippen LogP contribution in [0.25, 0.3) is 0 Å². The molecule has 0 aliphatic carbocycles. The van der Waals surface area contributed by atoms with Gasteiger partial charge in [-0.05, 0) is 55.7 Å². The molecule has 4 rings (SSSR count). The Kier molecular flexibility index (Phi) is 8.18. The van der Waals surface area contributed by atoms with Crippen molar-refractivity contribution in [3.63, 3.8) is 0 Å². The second-order valence-electron chi connectivity index (χ2n) is 9.83. The van der Waals surface area contributed by atoms with Crippen LogP contribution in [-0.4, -0.2) is 54.4 Å². The first-order valence-electron chi connectivity index (χ1n) is 12.7. The van der Waals surface area contributed by atoms with Crippen molar-refractivity contribution in [1.82, 2.24) is 10.2 Å². The third-order valence-electron chi connectivity index (χ3n) is 7.35. The van der Waals surface area contributed by atoms with Gasteiger partial charge < -0.3 is 15.1 Å². The minimum absolute atomic E-state index is 0.0862. The number of non-ortho nitro benzene ring substituents is 1. The van der Waals surface area contributed by atoms with E-state index in [0.717, 1.165) is 31.6 Å². The molecule has 2 saturated heterocycles. The number of halogens is 1. The van der Waals surface area contributed by atoms with Crippen LogP contribution in [0.4, 0.5) is 15.8 Å². The monoisotopic (exact) mass is 496 g/mol. The number of carbonyl (C=O) groups excluding carboxylic acids is 2. The fraction of sp³-hybridized carbons (Fsp3) is 0.481. The average Bonchev–Trinajstić information content (AvgIpc) is 2.89. The molecule has 0 unspecified atom stereocenters. The molecule has 1 N–H and O–H groups in total. The Bertz CT molecular complexity index is 1110. The Morgan fingerprint density at radius 1 is 1.06 bits per heavy atom. The lowest BCUT2D eigenvalue weighted by Gasteiger charge is -2.35. The molecule has 0 aromatic heterocycles. The zero-order valence-corrected chi connectivity index (χ0v) is 20.6. The maximum absolute atomic E-state index is 13.8. The molecule has 0 spiro atoms. The van der Waals surface area contributed by atoms with Crippen molar-refractivity contribution in [3.05, 3.63) is 69.5 Å². The van der Waals surface area contributed by atoms with Crippen LogP contribution in [0.1, 0.15) is 48.5 Å². The number of carbonyl (C=O) groups is 2. The number of nitrogens with one attached hydrogen (secondary N) is 1. The molecule has 2 aromatic carbocycles. The van der Waals surface area contributed by atoms with Gasteiger partial charge in [0.15, 0.2) is 0 Å². The van der Waals surface area contributed by atoms with E-state index in [9.17, 15) is 24.1 Å². The van der Waals surface area contributed by atoms with Crippen LogP contribution in [0.5, 0.6) is 0 Å². The van der Waals surface area contributed by atoms with Crippen LogP contribution in [0.3, 0.4) is 0 Å². The fourth-order valence-electron chi connectivity index (χ4n) is 5.02. The number of hydrogen-bond donors (Lipinski definition) is 1. The molecule has 8 nitrogen and oxygen atoms in total. The number of hydrogen-bond acceptors (Lipinski definition) is 5. The molecule has 0 radical (unpaired) electrons. The van der Waals surface area contributed by atoms with Crippen molar-refractivity contribution in [3.8, 4) is 0 Å². The van der Waals surface area contributed by atoms with Gasteiger partial charge in [0, 0.05) is 50.8 Å². The highest BCUT2D eigenvalue weighted by Crippen LogP contribution is 2.31. The summed E-state index contributed by atoms with van der Waals surface area (Å²) in [5.74, 6) is -0.195. The van der Waals surface area contributed by atoms with Gasteiger partial charge in [0.1, 0.15) is 5.82 Å². The summed E-state index contributed by atoms with van der Waals surface area (Å²) in [6.45, 7) is 5.00. The maximum atomic E-state index is 13.8. The van der Waals surface area contributed by atoms with E-state index in [-0.39, 0.29) is 29.2 Å². The van der Waals surface area contributed by atoms with Gasteiger partial charge in [0.2, 0.25) is 5.91 Å². The Morgan fingerprint density at radius 2 is 1.75 bits per heavy atom. The summed E-state index contributed by atoms with van der Waals surface area (Å²) in [6.07, 6.45) is 3.48. The third kappa shape index (κ3) is 6.01. The summed E-state index contributed by atoms with van der Waals surface area (Å²) in [5, 5.41) is 14.3. The van der Waals surface area contributed by atoms with E-state index in [1.54, 1.807) is 29.2 Å². The van der Waals surface area contributed by atoms with E-state index in [1.165, 1.54) is 18.2 Å². The number of anilines is 1. The maximum Gasteiger partial charge on any atom is 0.270 e. The summed E-state index contributed by atoms with van der Waals surface area (Å²) in [7, 11) is 0. The predicted molar refractivity (Wildman–Crippen MR) is 135 cm³/mol. The highest BCUT2D eigenvalue weighted by atomic mass is 19.1. The molecule has 2 aromatic rings. The van der Waals surface area contributed by atoms with Gasteiger partial charge in [-0.3, -0.25) is 19.7 Å². The molecule has 2 fully saturated rings. The Balaban J connectivity index is 1.36. The van der Waals surface area contributed by atoms with Crippen molar-refractivity contribution in [2.45, 2.75) is 39.0 Å². The first kappa shape index (κ1) is 25.6. The number of likely N-dealkylation sites (tertiary alicyclic amines) is 1. The number of piperidine rings is 2. The van der Waals surface area contributed by atoms with Crippen LogP contribution < -0.4 is 10.2 Å². The Hall–Kier alpha value is -3.49. The zero-order chi connectivity index (χ0) is 25.7. The normalized spacial score (nSPS) is 17.2. The highest BCUT2D eigenvalue weighted by Gasteiger charge is 2.31. The molecular formula is C27H33FN4O4. The van der Waals surface area contributed by atoms with E-state index in [2.05, 4.69) is 17.1 Å². The van der Waals surface area contributed by atoms with Gasteiger partial charge in [-0.2, -0.15) is 0 Å². The molecule has 0 atom stereocenters. The van der Waals surface area contributed by atoms with E-state index >= 15 is 0 Å². The van der Waals surface area contributed by atoms with Gasteiger partial charge in [-0.1, -0.05) is 25.1 Å². The molecule has 2 amide bonds. The molecule has 192 valence electrons. The molecule has 2 aliphatic rings. The summed E-state index contributed by atoms with van der Waals surface area (Å²) in [4.78, 5) is 40.9. The minimum Gasteiger partial charge on any atom is -0.371 e. The largest absolute Gasteiger partial charge is 0.371 e. The SMILES string of the molecule is CC1CCN(c2ccc([N+](=O)[O-])cc2C(=O)N2CCC(C(=O)NCCc3ccccc3F)CC2)CC1. The molecule has 2 heterocycles. The Labute approximate surface area is 210 Å². The molecule has 9 heteroatoms. The molecular weight excluding hydrogens is 463 g/mol. The van der Waals surface area contributed by atoms with Crippen molar-refractivity contribution in [1.29, 1.82) is 0 Å². The highest BCUT2D eigenvalue weighted by molar-refractivity contribution is 6.00. The van der Waals surface area contributed by atoms with Gasteiger partial charge in [0.25, 0.3) is 11.6 Å².